The van der Waals surface area contributed by atoms with Crippen LogP contribution in [0, 0.1) is 0 Å². The van der Waals surface area contributed by atoms with Gasteiger partial charge >= 0.3 is 0 Å². The van der Waals surface area contributed by atoms with E-state index in [4.69, 9.17) is 10.2 Å². The summed E-state index contributed by atoms with van der Waals surface area (Å²) in [5, 5.41) is 17.4. The predicted octanol–water partition coefficient (Wildman–Crippen LogP) is 0.879. The van der Waals surface area contributed by atoms with Gasteiger partial charge in [-0.05, 0) is 12.8 Å². The molecule has 0 amide bonds. The van der Waals surface area contributed by atoms with Gasteiger partial charge in [-0.1, -0.05) is 6.92 Å². The van der Waals surface area contributed by atoms with Crippen molar-refractivity contribution < 1.29 is 9.52 Å². The molecule has 0 radical (unpaired) electrons. The van der Waals surface area contributed by atoms with E-state index in [1.807, 2.05) is 24.9 Å². The third-order valence-corrected chi connectivity index (χ3v) is 3.86. The van der Waals surface area contributed by atoms with Gasteiger partial charge < -0.3 is 20.2 Å². The van der Waals surface area contributed by atoms with E-state index >= 15 is 0 Å². The molecule has 118 valence electrons. The average molecular weight is 304 g/mol. The SMILES string of the molecule is CCc1nnc(CN(C)c2cc(C3CC(O)C3)nc(N)n2)o1. The van der Waals surface area contributed by atoms with Crippen LogP contribution in [0.2, 0.25) is 0 Å². The van der Waals surface area contributed by atoms with Gasteiger partial charge in [-0.3, -0.25) is 0 Å². The number of nitrogens with zero attached hydrogens (tertiary/aromatic N) is 5. The second kappa shape index (κ2) is 5.88. The van der Waals surface area contributed by atoms with Gasteiger partial charge in [-0.2, -0.15) is 4.98 Å². The van der Waals surface area contributed by atoms with Crippen LogP contribution in [-0.2, 0) is 13.0 Å². The highest BCUT2D eigenvalue weighted by Gasteiger charge is 2.30. The van der Waals surface area contributed by atoms with Crippen molar-refractivity contribution in [2.24, 2.45) is 0 Å². The standard InChI is InChI=1S/C14H20N6O2/c1-3-12-18-19-13(22-12)7-20(2)11-6-10(16-14(15)17-11)8-4-9(21)5-8/h6,8-9,21H,3-5,7H2,1-2H3,(H2,15,16,17). The van der Waals surface area contributed by atoms with Crippen LogP contribution in [0.1, 0.15) is 43.2 Å². The van der Waals surface area contributed by atoms with Gasteiger partial charge in [-0.25, -0.2) is 4.98 Å². The molecule has 8 heteroatoms. The van der Waals surface area contributed by atoms with Gasteiger partial charge in [0.1, 0.15) is 5.82 Å². The third-order valence-electron chi connectivity index (χ3n) is 3.86. The molecule has 1 fully saturated rings. The van der Waals surface area contributed by atoms with Gasteiger partial charge in [0.05, 0.1) is 18.3 Å². The van der Waals surface area contributed by atoms with E-state index in [2.05, 4.69) is 20.2 Å². The molecule has 2 aromatic rings. The molecule has 0 spiro atoms. The third kappa shape index (κ3) is 3.01. The first-order chi connectivity index (χ1) is 10.5. The zero-order chi connectivity index (χ0) is 15.7. The highest BCUT2D eigenvalue weighted by molar-refractivity contribution is 5.44. The van der Waals surface area contributed by atoms with Crippen molar-refractivity contribution in [3.63, 3.8) is 0 Å². The highest BCUT2D eigenvalue weighted by atomic mass is 16.4. The summed E-state index contributed by atoms with van der Waals surface area (Å²) in [6.07, 6.45) is 1.94. The summed E-state index contributed by atoms with van der Waals surface area (Å²) in [5.74, 6) is 2.36. The zero-order valence-electron chi connectivity index (χ0n) is 12.7. The first-order valence-corrected chi connectivity index (χ1v) is 7.40. The summed E-state index contributed by atoms with van der Waals surface area (Å²) in [7, 11) is 1.89. The molecule has 1 aliphatic carbocycles. The number of hydrogen-bond acceptors (Lipinski definition) is 8. The summed E-state index contributed by atoms with van der Waals surface area (Å²) in [4.78, 5) is 10.4. The lowest BCUT2D eigenvalue weighted by Crippen LogP contribution is -2.28. The maximum atomic E-state index is 9.44. The molecule has 0 aliphatic heterocycles. The quantitative estimate of drug-likeness (QED) is 0.836. The van der Waals surface area contributed by atoms with E-state index in [0.717, 1.165) is 18.5 Å². The van der Waals surface area contributed by atoms with E-state index < -0.39 is 0 Å². The van der Waals surface area contributed by atoms with Crippen molar-refractivity contribution in [2.75, 3.05) is 17.7 Å². The van der Waals surface area contributed by atoms with Crippen molar-refractivity contribution in [1.82, 2.24) is 20.2 Å². The van der Waals surface area contributed by atoms with Crippen molar-refractivity contribution in [1.29, 1.82) is 0 Å². The van der Waals surface area contributed by atoms with Crippen LogP contribution in [-0.4, -0.2) is 38.4 Å². The van der Waals surface area contributed by atoms with Crippen molar-refractivity contribution in [3.8, 4) is 0 Å². The Kier molecular flexibility index (Phi) is 3.93. The topological polar surface area (TPSA) is 114 Å². The Morgan fingerprint density at radius 3 is 2.68 bits per heavy atom. The van der Waals surface area contributed by atoms with Crippen LogP contribution < -0.4 is 10.6 Å². The van der Waals surface area contributed by atoms with Gasteiger partial charge in [-0.15, -0.1) is 10.2 Å². The van der Waals surface area contributed by atoms with Crippen molar-refractivity contribution in [3.05, 3.63) is 23.5 Å². The predicted molar refractivity (Wildman–Crippen MR) is 80.2 cm³/mol. The summed E-state index contributed by atoms with van der Waals surface area (Å²) in [6.45, 7) is 2.42. The number of rotatable bonds is 5. The lowest BCUT2D eigenvalue weighted by atomic mass is 9.80. The Bertz CT molecular complexity index is 653. The number of nitrogen functional groups attached to an aromatic ring is 1. The van der Waals surface area contributed by atoms with E-state index in [-0.39, 0.29) is 18.0 Å². The van der Waals surface area contributed by atoms with Crippen molar-refractivity contribution >= 4 is 11.8 Å². The number of aliphatic hydroxyl groups is 1. The summed E-state index contributed by atoms with van der Waals surface area (Å²) < 4.78 is 5.51. The first-order valence-electron chi connectivity index (χ1n) is 7.40. The minimum atomic E-state index is -0.228. The fourth-order valence-corrected chi connectivity index (χ4v) is 2.48. The maximum Gasteiger partial charge on any atom is 0.235 e. The monoisotopic (exact) mass is 304 g/mol. The molecule has 2 heterocycles. The molecule has 0 bridgehead atoms. The summed E-state index contributed by atoms with van der Waals surface area (Å²) in [5.41, 5.74) is 6.68. The lowest BCUT2D eigenvalue weighted by Gasteiger charge is -2.31. The Balaban J connectivity index is 1.75. The maximum absolute atomic E-state index is 9.44. The second-order valence-electron chi connectivity index (χ2n) is 5.63. The Morgan fingerprint density at radius 1 is 1.32 bits per heavy atom. The molecule has 0 aromatic carbocycles. The molecular weight excluding hydrogens is 284 g/mol. The number of nitrogens with two attached hydrogens (primary N) is 1. The molecule has 0 unspecified atom stereocenters. The molecule has 0 saturated heterocycles. The molecule has 0 atom stereocenters. The lowest BCUT2D eigenvalue weighted by molar-refractivity contribution is 0.0732. The van der Waals surface area contributed by atoms with E-state index in [1.54, 1.807) is 0 Å². The van der Waals surface area contributed by atoms with E-state index in [1.165, 1.54) is 0 Å². The van der Waals surface area contributed by atoms with Crippen LogP contribution in [0.4, 0.5) is 11.8 Å². The number of anilines is 2. The minimum Gasteiger partial charge on any atom is -0.423 e. The molecule has 3 N–H and O–H groups in total. The van der Waals surface area contributed by atoms with Crippen LogP contribution in [0.3, 0.4) is 0 Å². The summed E-state index contributed by atoms with van der Waals surface area (Å²) >= 11 is 0. The van der Waals surface area contributed by atoms with E-state index in [9.17, 15) is 5.11 Å². The fraction of sp³-hybridized carbons (Fsp3) is 0.571. The number of aryl methyl sites for hydroxylation is 1. The Morgan fingerprint density at radius 2 is 2.05 bits per heavy atom. The highest BCUT2D eigenvalue weighted by Crippen LogP contribution is 2.36. The van der Waals surface area contributed by atoms with Crippen LogP contribution in [0.15, 0.2) is 10.5 Å². The zero-order valence-corrected chi connectivity index (χ0v) is 12.7. The average Bonchev–Trinajstić information content (AvgIpc) is 2.91. The second-order valence-corrected chi connectivity index (χ2v) is 5.63. The van der Waals surface area contributed by atoms with Gasteiger partial charge in [0.2, 0.25) is 17.7 Å². The van der Waals surface area contributed by atoms with Crippen LogP contribution >= 0.6 is 0 Å². The Hall–Kier alpha value is -2.22. The molecule has 1 aliphatic rings. The molecule has 22 heavy (non-hydrogen) atoms. The van der Waals surface area contributed by atoms with Crippen LogP contribution in [0.5, 0.6) is 0 Å². The molecule has 3 rings (SSSR count). The fourth-order valence-electron chi connectivity index (χ4n) is 2.48. The van der Waals surface area contributed by atoms with Gasteiger partial charge in [0.15, 0.2) is 0 Å². The number of aliphatic hydroxyl groups excluding tert-OH is 1. The number of aromatic nitrogens is 4. The van der Waals surface area contributed by atoms with Crippen LogP contribution in [0.25, 0.3) is 0 Å². The normalized spacial score (nSPS) is 20.7. The minimum absolute atomic E-state index is 0.228. The van der Waals surface area contributed by atoms with E-state index in [0.29, 0.717) is 30.6 Å². The molecular formula is C14H20N6O2. The molecule has 1 saturated carbocycles. The van der Waals surface area contributed by atoms with Gasteiger partial charge in [0.25, 0.3) is 0 Å². The molecule has 8 nitrogen and oxygen atoms in total. The molecule has 2 aromatic heterocycles. The van der Waals surface area contributed by atoms with Gasteiger partial charge in [0, 0.05) is 25.5 Å². The summed E-state index contributed by atoms with van der Waals surface area (Å²) in [6, 6.07) is 1.91. The van der Waals surface area contributed by atoms with Crippen molar-refractivity contribution in [2.45, 2.75) is 44.8 Å². The Labute approximate surface area is 128 Å². The number of hydrogen-bond donors (Lipinski definition) is 2. The largest absolute Gasteiger partial charge is 0.423 e. The smallest absolute Gasteiger partial charge is 0.235 e. The first kappa shape index (κ1) is 14.7.